The van der Waals surface area contributed by atoms with Crippen molar-refractivity contribution in [3.8, 4) is 5.75 Å². The molecule has 3 aromatic rings. The molecular weight excluding hydrogens is 376 g/mol. The summed E-state index contributed by atoms with van der Waals surface area (Å²) < 4.78 is 5.64. The predicted molar refractivity (Wildman–Crippen MR) is 116 cm³/mol. The molecule has 0 saturated heterocycles. The van der Waals surface area contributed by atoms with Crippen molar-refractivity contribution in [1.82, 2.24) is 4.90 Å². The molecule has 0 radical (unpaired) electrons. The molecule has 0 fully saturated rings. The number of nitrogens with zero attached hydrogens (tertiary/aromatic N) is 1. The minimum atomic E-state index is -0.637. The summed E-state index contributed by atoms with van der Waals surface area (Å²) in [6, 6.07) is 24.0. The minimum Gasteiger partial charge on any atom is -0.492 e. The average Bonchev–Trinajstić information content (AvgIpc) is 3.11. The van der Waals surface area contributed by atoms with Gasteiger partial charge in [0.2, 0.25) is 5.91 Å². The molecule has 0 saturated carbocycles. The lowest BCUT2D eigenvalue weighted by Crippen LogP contribution is -2.45. The lowest BCUT2D eigenvalue weighted by atomic mass is 10.0. The van der Waals surface area contributed by atoms with Crippen LogP contribution in [0.5, 0.6) is 5.75 Å². The Labute approximate surface area is 176 Å². The van der Waals surface area contributed by atoms with Crippen LogP contribution in [0.2, 0.25) is 0 Å². The Morgan fingerprint density at radius 3 is 2.47 bits per heavy atom. The van der Waals surface area contributed by atoms with Gasteiger partial charge in [-0.1, -0.05) is 60.7 Å². The van der Waals surface area contributed by atoms with Gasteiger partial charge in [-0.3, -0.25) is 9.59 Å². The second-order valence-corrected chi connectivity index (χ2v) is 7.21. The van der Waals surface area contributed by atoms with E-state index in [1.807, 2.05) is 85.8 Å². The summed E-state index contributed by atoms with van der Waals surface area (Å²) in [4.78, 5) is 28.1. The van der Waals surface area contributed by atoms with Crippen molar-refractivity contribution in [2.45, 2.75) is 25.9 Å². The predicted octanol–water partition coefficient (Wildman–Crippen LogP) is 4.29. The molecule has 0 bridgehead atoms. The molecule has 5 heteroatoms. The van der Waals surface area contributed by atoms with Crippen molar-refractivity contribution in [1.29, 1.82) is 0 Å². The number of hydrogen-bond donors (Lipinski definition) is 1. The van der Waals surface area contributed by atoms with Crippen LogP contribution in [0.25, 0.3) is 0 Å². The SMILES string of the molecule is CCOc1ccccc1NC(=O)C(Cc1ccccc1)N1Cc2ccccc2C1=O. The summed E-state index contributed by atoms with van der Waals surface area (Å²) in [7, 11) is 0. The first-order valence-corrected chi connectivity index (χ1v) is 10.1. The van der Waals surface area contributed by atoms with Crippen molar-refractivity contribution in [3.63, 3.8) is 0 Å². The third-order valence-corrected chi connectivity index (χ3v) is 5.24. The summed E-state index contributed by atoms with van der Waals surface area (Å²) in [6.45, 7) is 2.82. The first kappa shape index (κ1) is 19.7. The summed E-state index contributed by atoms with van der Waals surface area (Å²) in [5.41, 5.74) is 3.22. The van der Waals surface area contributed by atoms with E-state index < -0.39 is 6.04 Å². The molecule has 3 aromatic carbocycles. The van der Waals surface area contributed by atoms with Crippen LogP contribution in [0.3, 0.4) is 0 Å². The molecule has 1 atom stereocenters. The van der Waals surface area contributed by atoms with Crippen molar-refractivity contribution in [3.05, 3.63) is 95.6 Å². The first-order chi connectivity index (χ1) is 14.7. The molecule has 0 aliphatic carbocycles. The number of anilines is 1. The zero-order valence-corrected chi connectivity index (χ0v) is 16.9. The van der Waals surface area contributed by atoms with Gasteiger partial charge in [0.25, 0.3) is 5.91 Å². The monoisotopic (exact) mass is 400 g/mol. The number of rotatable bonds is 7. The number of para-hydroxylation sites is 2. The smallest absolute Gasteiger partial charge is 0.255 e. The fraction of sp³-hybridized carbons (Fsp3) is 0.200. The largest absolute Gasteiger partial charge is 0.492 e. The van der Waals surface area contributed by atoms with Crippen molar-refractivity contribution < 1.29 is 14.3 Å². The molecule has 152 valence electrons. The highest BCUT2D eigenvalue weighted by Crippen LogP contribution is 2.28. The van der Waals surface area contributed by atoms with Crippen LogP contribution < -0.4 is 10.1 Å². The third kappa shape index (κ3) is 4.06. The standard InChI is InChI=1S/C25H24N2O3/c1-2-30-23-15-9-8-14-21(23)26-24(28)22(16-18-10-4-3-5-11-18)27-17-19-12-6-7-13-20(19)25(27)29/h3-15,22H,2,16-17H2,1H3,(H,26,28). The quantitative estimate of drug-likeness (QED) is 0.644. The molecule has 30 heavy (non-hydrogen) atoms. The zero-order chi connectivity index (χ0) is 20.9. The van der Waals surface area contributed by atoms with E-state index in [0.717, 1.165) is 11.1 Å². The van der Waals surface area contributed by atoms with E-state index in [9.17, 15) is 9.59 Å². The topological polar surface area (TPSA) is 58.6 Å². The zero-order valence-electron chi connectivity index (χ0n) is 16.9. The number of hydrogen-bond acceptors (Lipinski definition) is 3. The van der Waals surface area contributed by atoms with Crippen molar-refractivity contribution in [2.75, 3.05) is 11.9 Å². The van der Waals surface area contributed by atoms with E-state index in [4.69, 9.17) is 4.74 Å². The van der Waals surface area contributed by atoms with E-state index in [1.165, 1.54) is 0 Å². The number of amides is 2. The highest BCUT2D eigenvalue weighted by molar-refractivity contribution is 6.04. The summed E-state index contributed by atoms with van der Waals surface area (Å²) >= 11 is 0. The maximum absolute atomic E-state index is 13.4. The van der Waals surface area contributed by atoms with E-state index in [-0.39, 0.29) is 11.8 Å². The average molecular weight is 400 g/mol. The van der Waals surface area contributed by atoms with Gasteiger partial charge in [0.15, 0.2) is 0 Å². The molecular formula is C25H24N2O3. The molecule has 1 aliphatic heterocycles. The van der Waals surface area contributed by atoms with Gasteiger partial charge >= 0.3 is 0 Å². The molecule has 0 spiro atoms. The Balaban J connectivity index is 1.63. The van der Waals surface area contributed by atoms with Crippen LogP contribution in [-0.4, -0.2) is 29.4 Å². The van der Waals surface area contributed by atoms with Gasteiger partial charge in [-0.25, -0.2) is 0 Å². The van der Waals surface area contributed by atoms with Gasteiger partial charge in [-0.2, -0.15) is 0 Å². The lowest BCUT2D eigenvalue weighted by molar-refractivity contribution is -0.120. The number of benzene rings is 3. The molecule has 0 aromatic heterocycles. The third-order valence-electron chi connectivity index (χ3n) is 5.24. The molecule has 4 rings (SSSR count). The van der Waals surface area contributed by atoms with Crippen molar-refractivity contribution in [2.24, 2.45) is 0 Å². The molecule has 2 amide bonds. The van der Waals surface area contributed by atoms with Crippen LogP contribution in [0, 0.1) is 0 Å². The second-order valence-electron chi connectivity index (χ2n) is 7.21. The summed E-state index contributed by atoms with van der Waals surface area (Å²) in [5.74, 6) is 0.273. The van der Waals surface area contributed by atoms with Gasteiger partial charge in [0, 0.05) is 18.5 Å². The van der Waals surface area contributed by atoms with Gasteiger partial charge < -0.3 is 15.0 Å². The summed E-state index contributed by atoms with van der Waals surface area (Å²) in [5, 5.41) is 2.98. The first-order valence-electron chi connectivity index (χ1n) is 10.1. The van der Waals surface area contributed by atoms with E-state index in [0.29, 0.717) is 36.6 Å². The number of fused-ring (bicyclic) bond motifs is 1. The van der Waals surface area contributed by atoms with Crippen molar-refractivity contribution >= 4 is 17.5 Å². The van der Waals surface area contributed by atoms with Crippen LogP contribution in [0.1, 0.15) is 28.4 Å². The number of carbonyl (C=O) groups excluding carboxylic acids is 2. The molecule has 1 aliphatic rings. The van der Waals surface area contributed by atoms with Crippen LogP contribution in [-0.2, 0) is 17.8 Å². The van der Waals surface area contributed by atoms with Crippen LogP contribution >= 0.6 is 0 Å². The molecule has 5 nitrogen and oxygen atoms in total. The van der Waals surface area contributed by atoms with E-state index >= 15 is 0 Å². The van der Waals surface area contributed by atoms with Crippen LogP contribution in [0.4, 0.5) is 5.69 Å². The Hall–Kier alpha value is -3.60. The number of ether oxygens (including phenoxy) is 1. The minimum absolute atomic E-state index is 0.111. The van der Waals surface area contributed by atoms with Crippen LogP contribution in [0.15, 0.2) is 78.9 Å². The number of carbonyl (C=O) groups is 2. The number of nitrogens with one attached hydrogen (secondary N) is 1. The Morgan fingerprint density at radius 2 is 1.70 bits per heavy atom. The van der Waals surface area contributed by atoms with Gasteiger partial charge in [0.05, 0.1) is 12.3 Å². The lowest BCUT2D eigenvalue weighted by Gasteiger charge is -2.27. The Kier molecular flexibility index (Phi) is 5.80. The molecule has 1 heterocycles. The van der Waals surface area contributed by atoms with E-state index in [1.54, 1.807) is 4.90 Å². The highest BCUT2D eigenvalue weighted by Gasteiger charge is 2.36. The van der Waals surface area contributed by atoms with Gasteiger partial charge in [0.1, 0.15) is 11.8 Å². The molecule has 1 N–H and O–H groups in total. The van der Waals surface area contributed by atoms with Gasteiger partial charge in [-0.05, 0) is 36.2 Å². The maximum atomic E-state index is 13.4. The normalized spacial score (nSPS) is 13.6. The highest BCUT2D eigenvalue weighted by atomic mass is 16.5. The maximum Gasteiger partial charge on any atom is 0.255 e. The van der Waals surface area contributed by atoms with Gasteiger partial charge in [-0.15, -0.1) is 0 Å². The summed E-state index contributed by atoms with van der Waals surface area (Å²) in [6.07, 6.45) is 0.434. The van der Waals surface area contributed by atoms with E-state index in [2.05, 4.69) is 5.32 Å². The second kappa shape index (κ2) is 8.82. The Bertz CT molecular complexity index is 1050. The fourth-order valence-electron chi connectivity index (χ4n) is 3.78. The fourth-order valence-corrected chi connectivity index (χ4v) is 3.78. The Morgan fingerprint density at radius 1 is 1.00 bits per heavy atom. The molecule has 1 unspecified atom stereocenters.